The highest BCUT2D eigenvalue weighted by atomic mass is 15.1. The largest absolute Gasteiger partial charge is 0.310 e. The van der Waals surface area contributed by atoms with Gasteiger partial charge >= 0.3 is 0 Å². The molecule has 1 spiro atoms. The van der Waals surface area contributed by atoms with Gasteiger partial charge in [-0.3, -0.25) is 0 Å². The highest BCUT2D eigenvalue weighted by molar-refractivity contribution is 6.05. The first kappa shape index (κ1) is 41.8. The lowest BCUT2D eigenvalue weighted by Gasteiger charge is -2.34. The van der Waals surface area contributed by atoms with Gasteiger partial charge in [-0.05, 0) is 178 Å². The van der Waals surface area contributed by atoms with E-state index in [1.54, 1.807) is 0 Å². The Hall–Kier alpha value is -8.00. The number of hydrogen-bond acceptors (Lipinski definition) is 1. The summed E-state index contributed by atoms with van der Waals surface area (Å²) in [6.07, 6.45) is 16.2. The first-order valence-electron chi connectivity index (χ1n) is 26.1. The summed E-state index contributed by atoms with van der Waals surface area (Å²) in [5, 5.41) is 2.52. The van der Waals surface area contributed by atoms with Gasteiger partial charge in [0.1, 0.15) is 0 Å². The van der Waals surface area contributed by atoms with E-state index in [0.29, 0.717) is 11.8 Å². The molecular weight excluding hydrogens is 867 g/mol. The summed E-state index contributed by atoms with van der Waals surface area (Å²) in [5.74, 6) is 0.814. The van der Waals surface area contributed by atoms with Crippen LogP contribution in [0.15, 0.2) is 230 Å². The lowest BCUT2D eigenvalue weighted by Crippen LogP contribution is -2.28. The van der Waals surface area contributed by atoms with Crippen LogP contribution in [0.3, 0.4) is 0 Å². The van der Waals surface area contributed by atoms with Crippen molar-refractivity contribution in [3.05, 3.63) is 275 Å². The molecule has 15 rings (SSSR count). The third kappa shape index (κ3) is 5.54. The second-order valence-electron chi connectivity index (χ2n) is 22.2. The smallest absolute Gasteiger partial charge is 0.0689 e. The minimum atomic E-state index is -0.357. The zero-order valence-electron chi connectivity index (χ0n) is 41.4. The molecule has 0 saturated carbocycles. The van der Waals surface area contributed by atoms with Gasteiger partial charge in [0, 0.05) is 28.4 Å². The molecule has 6 aliphatic carbocycles. The summed E-state index contributed by atoms with van der Waals surface area (Å²) < 4.78 is 0. The normalized spacial score (nSPS) is 19.1. The summed E-state index contributed by atoms with van der Waals surface area (Å²) in [7, 11) is 0. The van der Waals surface area contributed by atoms with Gasteiger partial charge in [0.05, 0.1) is 5.41 Å². The molecule has 9 aromatic carbocycles. The Morgan fingerprint density at radius 1 is 0.458 bits per heavy atom. The van der Waals surface area contributed by atoms with Crippen LogP contribution >= 0.6 is 0 Å². The van der Waals surface area contributed by atoms with E-state index in [-0.39, 0.29) is 16.2 Å². The molecule has 0 N–H and O–H groups in total. The van der Waals surface area contributed by atoms with E-state index < -0.39 is 0 Å². The van der Waals surface area contributed by atoms with Crippen molar-refractivity contribution in [1.29, 1.82) is 0 Å². The number of rotatable bonds is 5. The quantitative estimate of drug-likeness (QED) is 0.166. The Morgan fingerprint density at radius 3 is 1.85 bits per heavy atom. The highest BCUT2D eigenvalue weighted by Crippen LogP contribution is 2.64. The summed E-state index contributed by atoms with van der Waals surface area (Å²) in [4.78, 5) is 2.54. The van der Waals surface area contributed by atoms with Crippen LogP contribution < -0.4 is 4.90 Å². The van der Waals surface area contributed by atoms with E-state index in [1.807, 2.05) is 0 Å². The number of anilines is 3. The van der Waals surface area contributed by atoms with Crippen molar-refractivity contribution >= 4 is 33.4 Å². The van der Waals surface area contributed by atoms with Crippen LogP contribution in [0.2, 0.25) is 0 Å². The average molecular weight is 922 g/mol. The van der Waals surface area contributed by atoms with Crippen molar-refractivity contribution in [1.82, 2.24) is 0 Å². The van der Waals surface area contributed by atoms with E-state index in [0.717, 1.165) is 18.5 Å². The highest BCUT2D eigenvalue weighted by Gasteiger charge is 2.53. The molecule has 0 bridgehead atoms. The van der Waals surface area contributed by atoms with Crippen molar-refractivity contribution in [3.63, 3.8) is 0 Å². The second-order valence-corrected chi connectivity index (χ2v) is 22.2. The van der Waals surface area contributed by atoms with E-state index in [2.05, 4.69) is 257 Å². The molecule has 2 unspecified atom stereocenters. The van der Waals surface area contributed by atoms with Gasteiger partial charge in [-0.15, -0.1) is 0 Å². The lowest BCUT2D eigenvalue weighted by atomic mass is 9.68. The van der Waals surface area contributed by atoms with Crippen molar-refractivity contribution in [2.24, 2.45) is 5.92 Å². The molecule has 0 heterocycles. The fourth-order valence-corrected chi connectivity index (χ4v) is 14.8. The Labute approximate surface area is 423 Å². The summed E-state index contributed by atoms with van der Waals surface area (Å²) in [5.41, 5.74) is 27.6. The number of nitrogens with zero attached hydrogens (tertiary/aromatic N) is 1. The van der Waals surface area contributed by atoms with Gasteiger partial charge in [-0.2, -0.15) is 0 Å². The Kier molecular flexibility index (Phi) is 8.71. The van der Waals surface area contributed by atoms with Gasteiger partial charge in [0.15, 0.2) is 0 Å². The fourth-order valence-electron chi connectivity index (χ4n) is 14.8. The van der Waals surface area contributed by atoms with Crippen molar-refractivity contribution in [2.75, 3.05) is 4.90 Å². The molecule has 0 aromatic heterocycles. The van der Waals surface area contributed by atoms with Crippen LogP contribution in [0.4, 0.5) is 17.1 Å². The van der Waals surface area contributed by atoms with Crippen LogP contribution in [0.5, 0.6) is 0 Å². The maximum absolute atomic E-state index is 2.56. The molecule has 6 aliphatic rings. The van der Waals surface area contributed by atoms with E-state index in [9.17, 15) is 0 Å². The average Bonchev–Trinajstić information content (AvgIpc) is 4.05. The molecule has 0 radical (unpaired) electrons. The molecule has 2 atom stereocenters. The zero-order chi connectivity index (χ0) is 48.1. The van der Waals surface area contributed by atoms with Crippen LogP contribution in [0, 0.1) is 5.92 Å². The predicted molar refractivity (Wildman–Crippen MR) is 302 cm³/mol. The van der Waals surface area contributed by atoms with E-state index >= 15 is 0 Å². The Balaban J connectivity index is 0.917. The SMILES string of the molecule is CC1(C)c2ccccc2-c2cc(-c3c(-c4ccc(N(c5ccc6c(c5)C5(C7=C6C=CCC7)c6ccccc6-c6ccccc65)c5ccc6c(c5)C(C)(C)C5C=CC=CC65)cc4)ccc4ccccc34)ccc21. The van der Waals surface area contributed by atoms with Crippen molar-refractivity contribution < 1.29 is 0 Å². The number of allylic oxidation sites excluding steroid dienone is 8. The molecular formula is C71H55N. The monoisotopic (exact) mass is 921 g/mol. The first-order valence-corrected chi connectivity index (χ1v) is 26.1. The molecule has 1 heteroatoms. The minimum absolute atomic E-state index is 0.0246. The van der Waals surface area contributed by atoms with E-state index in [1.165, 1.54) is 122 Å². The number of hydrogen-bond donors (Lipinski definition) is 0. The Morgan fingerprint density at radius 2 is 1.07 bits per heavy atom. The molecule has 0 saturated heterocycles. The maximum atomic E-state index is 2.56. The fraction of sp³-hybridized carbons (Fsp3) is 0.155. The summed E-state index contributed by atoms with van der Waals surface area (Å²) in [6, 6.07) is 72.4. The van der Waals surface area contributed by atoms with E-state index in [4.69, 9.17) is 0 Å². The molecule has 1 nitrogen and oxygen atoms in total. The second kappa shape index (κ2) is 15.0. The summed E-state index contributed by atoms with van der Waals surface area (Å²) in [6.45, 7) is 9.63. The van der Waals surface area contributed by atoms with Crippen molar-refractivity contribution in [2.45, 2.75) is 62.7 Å². The molecule has 9 aromatic rings. The van der Waals surface area contributed by atoms with Crippen LogP contribution in [-0.2, 0) is 16.2 Å². The van der Waals surface area contributed by atoms with Crippen LogP contribution in [0.25, 0.3) is 60.9 Å². The van der Waals surface area contributed by atoms with Crippen LogP contribution in [0.1, 0.15) is 91.0 Å². The lowest BCUT2D eigenvalue weighted by molar-refractivity contribution is 0.394. The first-order chi connectivity index (χ1) is 35.2. The standard InChI is InChI=1S/C71H55N/c1-69(2)61-25-13-8-23-56(61)59-41-46(32-40-62(59)69)68-50-18-6-5-17-44(50)31-37-51(68)45-29-33-47(34-30-45)72(48-35-38-57-52-19-7-12-24-60(52)70(3,4)66(57)42-48)49-36-39-58-55-22-11-16-28-65(55)71(67(58)43-49)63-26-14-9-20-53(63)54-21-10-15-27-64(54)71/h5-15,17-27,29-43,52,60H,16,28H2,1-4H3. The third-order valence-electron chi connectivity index (χ3n) is 18.1. The topological polar surface area (TPSA) is 3.24 Å². The maximum Gasteiger partial charge on any atom is 0.0689 e. The van der Waals surface area contributed by atoms with Gasteiger partial charge in [-0.1, -0.05) is 210 Å². The molecule has 0 amide bonds. The summed E-state index contributed by atoms with van der Waals surface area (Å²) >= 11 is 0. The predicted octanol–water partition coefficient (Wildman–Crippen LogP) is 18.5. The third-order valence-corrected chi connectivity index (χ3v) is 18.1. The number of benzene rings is 9. The van der Waals surface area contributed by atoms with Gasteiger partial charge in [0.25, 0.3) is 0 Å². The Bertz CT molecular complexity index is 3890. The van der Waals surface area contributed by atoms with Gasteiger partial charge in [0.2, 0.25) is 0 Å². The van der Waals surface area contributed by atoms with Crippen molar-refractivity contribution in [3.8, 4) is 44.5 Å². The zero-order valence-corrected chi connectivity index (χ0v) is 41.4. The minimum Gasteiger partial charge on any atom is -0.310 e. The van der Waals surface area contributed by atoms with Crippen LogP contribution in [-0.4, -0.2) is 0 Å². The molecule has 72 heavy (non-hydrogen) atoms. The number of fused-ring (bicyclic) bond motifs is 16. The van der Waals surface area contributed by atoms with Gasteiger partial charge in [-0.25, -0.2) is 0 Å². The molecule has 0 fully saturated rings. The van der Waals surface area contributed by atoms with Gasteiger partial charge < -0.3 is 4.90 Å². The molecule has 344 valence electrons. The molecule has 0 aliphatic heterocycles.